The van der Waals surface area contributed by atoms with E-state index in [0.717, 1.165) is 53.8 Å². The summed E-state index contributed by atoms with van der Waals surface area (Å²) < 4.78 is 7.40. The third kappa shape index (κ3) is 3.06. The highest BCUT2D eigenvalue weighted by Crippen LogP contribution is 2.37. The number of nitrogens with zero attached hydrogens (tertiary/aromatic N) is 4. The number of carbonyl (C=O) groups excluding carboxylic acids is 1. The molecule has 0 bridgehead atoms. The monoisotopic (exact) mass is 369 g/mol. The molecule has 0 radical (unpaired) electrons. The second kappa shape index (κ2) is 6.70. The molecular weight excluding hydrogens is 346 g/mol. The molecule has 8 heteroatoms. The van der Waals surface area contributed by atoms with Gasteiger partial charge in [0.2, 0.25) is 5.89 Å². The minimum atomic E-state index is -0.618. The van der Waals surface area contributed by atoms with Crippen molar-refractivity contribution in [1.29, 1.82) is 0 Å². The molecule has 1 fully saturated rings. The Balaban J connectivity index is 1.84. The standard InChI is InChI=1S/C19H23N5O3/c1-11-13-7-17(24-5-3-12(9-25)4-6-24)14(8-16(13)23(2)22-11)19-21-15(10-27-19)18(20)26/h7-8,10,12,25H,3-6,9H2,1-2H3,(H2,20,26). The van der Waals surface area contributed by atoms with Crippen LogP contribution in [0, 0.1) is 12.8 Å². The van der Waals surface area contributed by atoms with Gasteiger partial charge < -0.3 is 20.2 Å². The van der Waals surface area contributed by atoms with Crippen LogP contribution in [-0.2, 0) is 7.05 Å². The van der Waals surface area contributed by atoms with E-state index in [1.54, 1.807) is 0 Å². The van der Waals surface area contributed by atoms with Crippen LogP contribution in [0.2, 0.25) is 0 Å². The first-order valence-electron chi connectivity index (χ1n) is 9.06. The molecule has 0 spiro atoms. The number of amides is 1. The molecule has 0 unspecified atom stereocenters. The van der Waals surface area contributed by atoms with Gasteiger partial charge in [-0.25, -0.2) is 4.98 Å². The second-order valence-electron chi connectivity index (χ2n) is 7.11. The van der Waals surface area contributed by atoms with E-state index in [4.69, 9.17) is 10.2 Å². The SMILES string of the molecule is Cc1nn(C)c2cc(-c3nc(C(N)=O)co3)c(N3CCC(CO)CC3)cc12. The number of carbonyl (C=O) groups is 1. The van der Waals surface area contributed by atoms with Gasteiger partial charge in [-0.3, -0.25) is 9.48 Å². The summed E-state index contributed by atoms with van der Waals surface area (Å²) in [5, 5.41) is 15.0. The Kier molecular flexibility index (Phi) is 4.35. The van der Waals surface area contributed by atoms with E-state index in [1.807, 2.05) is 24.7 Å². The molecule has 1 aliphatic rings. The third-order valence-electron chi connectivity index (χ3n) is 5.35. The number of nitrogens with two attached hydrogens (primary N) is 1. The van der Waals surface area contributed by atoms with Gasteiger partial charge in [-0.15, -0.1) is 0 Å². The van der Waals surface area contributed by atoms with Crippen LogP contribution in [0.15, 0.2) is 22.8 Å². The van der Waals surface area contributed by atoms with Gasteiger partial charge >= 0.3 is 0 Å². The molecule has 4 rings (SSSR count). The van der Waals surface area contributed by atoms with Crippen LogP contribution >= 0.6 is 0 Å². The molecule has 0 saturated carbocycles. The first kappa shape index (κ1) is 17.5. The maximum Gasteiger partial charge on any atom is 0.270 e. The molecular formula is C19H23N5O3. The summed E-state index contributed by atoms with van der Waals surface area (Å²) >= 11 is 0. The highest BCUT2D eigenvalue weighted by Gasteiger charge is 2.24. The highest BCUT2D eigenvalue weighted by atomic mass is 16.3. The Hall–Kier alpha value is -2.87. The minimum Gasteiger partial charge on any atom is -0.444 e. The summed E-state index contributed by atoms with van der Waals surface area (Å²) in [4.78, 5) is 18.0. The van der Waals surface area contributed by atoms with Crippen LogP contribution in [0.25, 0.3) is 22.4 Å². The molecule has 1 amide bonds. The maximum absolute atomic E-state index is 11.4. The summed E-state index contributed by atoms with van der Waals surface area (Å²) in [6.07, 6.45) is 3.15. The smallest absolute Gasteiger partial charge is 0.270 e. The molecule has 3 N–H and O–H groups in total. The lowest BCUT2D eigenvalue weighted by molar-refractivity contribution is 0.0995. The summed E-state index contributed by atoms with van der Waals surface area (Å²) in [6.45, 7) is 3.89. The minimum absolute atomic E-state index is 0.108. The van der Waals surface area contributed by atoms with Crippen LogP contribution in [0.1, 0.15) is 29.0 Å². The van der Waals surface area contributed by atoms with Crippen molar-refractivity contribution in [3.63, 3.8) is 0 Å². The van der Waals surface area contributed by atoms with Crippen LogP contribution in [0.5, 0.6) is 0 Å². The number of benzene rings is 1. The molecule has 3 heterocycles. The van der Waals surface area contributed by atoms with Gasteiger partial charge in [-0.1, -0.05) is 0 Å². The molecule has 1 aromatic carbocycles. The van der Waals surface area contributed by atoms with Crippen molar-refractivity contribution in [2.75, 3.05) is 24.6 Å². The van der Waals surface area contributed by atoms with Crippen molar-refractivity contribution < 1.29 is 14.3 Å². The predicted molar refractivity (Wildman–Crippen MR) is 101 cm³/mol. The van der Waals surface area contributed by atoms with Gasteiger partial charge in [0.15, 0.2) is 5.69 Å². The number of fused-ring (bicyclic) bond motifs is 1. The number of primary amides is 1. The molecule has 0 aliphatic carbocycles. The number of hydrogen-bond acceptors (Lipinski definition) is 6. The molecule has 3 aromatic rings. The van der Waals surface area contributed by atoms with E-state index in [2.05, 4.69) is 21.0 Å². The number of aryl methyl sites for hydroxylation is 2. The molecule has 142 valence electrons. The summed E-state index contributed by atoms with van der Waals surface area (Å²) in [7, 11) is 1.90. The summed E-state index contributed by atoms with van der Waals surface area (Å²) in [6, 6.07) is 4.11. The Morgan fingerprint density at radius 2 is 2.11 bits per heavy atom. The third-order valence-corrected chi connectivity index (χ3v) is 5.35. The van der Waals surface area contributed by atoms with Crippen LogP contribution < -0.4 is 10.6 Å². The van der Waals surface area contributed by atoms with Crippen molar-refractivity contribution in [1.82, 2.24) is 14.8 Å². The lowest BCUT2D eigenvalue weighted by atomic mass is 9.96. The Bertz CT molecular complexity index is 998. The summed E-state index contributed by atoms with van der Waals surface area (Å²) in [5.74, 6) is 0.0911. The number of aliphatic hydroxyl groups excluding tert-OH is 1. The van der Waals surface area contributed by atoms with Crippen LogP contribution in [0.4, 0.5) is 5.69 Å². The van der Waals surface area contributed by atoms with Gasteiger partial charge in [0.1, 0.15) is 6.26 Å². The fraction of sp³-hybridized carbons (Fsp3) is 0.421. The van der Waals surface area contributed by atoms with Gasteiger partial charge in [0, 0.05) is 32.1 Å². The quantitative estimate of drug-likeness (QED) is 0.726. The number of rotatable bonds is 4. The lowest BCUT2D eigenvalue weighted by Gasteiger charge is -2.33. The number of piperidine rings is 1. The summed E-state index contributed by atoms with van der Waals surface area (Å²) in [5.41, 5.74) is 9.15. The average Bonchev–Trinajstić information content (AvgIpc) is 3.26. The van der Waals surface area contributed by atoms with Crippen LogP contribution in [0.3, 0.4) is 0 Å². The Labute approximate surface area is 156 Å². The van der Waals surface area contributed by atoms with Gasteiger partial charge in [0.05, 0.1) is 22.5 Å². The van der Waals surface area contributed by atoms with Gasteiger partial charge in [0.25, 0.3) is 5.91 Å². The van der Waals surface area contributed by atoms with Crippen molar-refractivity contribution in [2.45, 2.75) is 19.8 Å². The zero-order valence-corrected chi connectivity index (χ0v) is 15.5. The van der Waals surface area contributed by atoms with Crippen molar-refractivity contribution in [2.24, 2.45) is 18.7 Å². The molecule has 1 saturated heterocycles. The largest absolute Gasteiger partial charge is 0.444 e. The van der Waals surface area contributed by atoms with Crippen molar-refractivity contribution in [3.05, 3.63) is 29.8 Å². The number of hydrogen-bond donors (Lipinski definition) is 2. The van der Waals surface area contributed by atoms with Crippen molar-refractivity contribution >= 4 is 22.5 Å². The first-order chi connectivity index (χ1) is 13.0. The molecule has 1 aliphatic heterocycles. The number of oxazole rings is 1. The second-order valence-corrected chi connectivity index (χ2v) is 7.11. The van der Waals surface area contributed by atoms with E-state index in [-0.39, 0.29) is 12.3 Å². The zero-order chi connectivity index (χ0) is 19.1. The van der Waals surface area contributed by atoms with E-state index in [1.165, 1.54) is 6.26 Å². The highest BCUT2D eigenvalue weighted by molar-refractivity contribution is 5.94. The normalized spacial score (nSPS) is 15.6. The van der Waals surface area contributed by atoms with Crippen LogP contribution in [-0.4, -0.2) is 45.5 Å². The molecule has 0 atom stereocenters. The predicted octanol–water partition coefficient (Wildman–Crippen LogP) is 1.84. The first-order valence-corrected chi connectivity index (χ1v) is 9.06. The fourth-order valence-corrected chi connectivity index (χ4v) is 3.77. The van der Waals surface area contributed by atoms with Crippen molar-refractivity contribution in [3.8, 4) is 11.5 Å². The van der Waals surface area contributed by atoms with E-state index < -0.39 is 5.91 Å². The number of aromatic nitrogens is 3. The Morgan fingerprint density at radius 1 is 1.37 bits per heavy atom. The molecule has 8 nitrogen and oxygen atoms in total. The zero-order valence-electron chi connectivity index (χ0n) is 15.5. The number of aliphatic hydroxyl groups is 1. The fourth-order valence-electron chi connectivity index (χ4n) is 3.77. The molecule has 27 heavy (non-hydrogen) atoms. The topological polar surface area (TPSA) is 110 Å². The lowest BCUT2D eigenvalue weighted by Crippen LogP contribution is -2.35. The Morgan fingerprint density at radius 3 is 2.74 bits per heavy atom. The van der Waals surface area contributed by atoms with E-state index >= 15 is 0 Å². The number of anilines is 1. The van der Waals surface area contributed by atoms with Gasteiger partial charge in [-0.05, 0) is 37.8 Å². The van der Waals surface area contributed by atoms with E-state index in [9.17, 15) is 9.90 Å². The van der Waals surface area contributed by atoms with Gasteiger partial charge in [-0.2, -0.15) is 5.10 Å². The maximum atomic E-state index is 11.4. The average molecular weight is 369 g/mol. The molecule has 2 aromatic heterocycles. The van der Waals surface area contributed by atoms with E-state index in [0.29, 0.717) is 11.8 Å².